The van der Waals surface area contributed by atoms with Crippen molar-refractivity contribution in [3.8, 4) is 0 Å². The van der Waals surface area contributed by atoms with E-state index in [1.54, 1.807) is 0 Å². The summed E-state index contributed by atoms with van der Waals surface area (Å²) in [4.78, 5) is 146. The molecule has 0 saturated heterocycles. The van der Waals surface area contributed by atoms with E-state index in [9.17, 15) is 57.5 Å². The predicted molar refractivity (Wildman–Crippen MR) is 497 cm³/mol. The van der Waals surface area contributed by atoms with Gasteiger partial charge in [0.15, 0.2) is 0 Å². The summed E-state index contributed by atoms with van der Waals surface area (Å²) in [5.41, 5.74) is 0. The van der Waals surface area contributed by atoms with E-state index in [1.807, 2.05) is 0 Å². The summed E-state index contributed by atoms with van der Waals surface area (Å²) < 4.78 is 64.4. The molecule has 24 nitrogen and oxygen atoms in total. The van der Waals surface area contributed by atoms with Crippen molar-refractivity contribution in [3.63, 3.8) is 0 Å². The van der Waals surface area contributed by atoms with Gasteiger partial charge >= 0.3 is 801 Å². The van der Waals surface area contributed by atoms with E-state index in [4.69, 9.17) is 33.8 Å². The van der Waals surface area contributed by atoms with Crippen molar-refractivity contribution >= 4 is 164 Å². The molecule has 0 radical (unpaired) electrons. The molecule has 0 aromatic heterocycles. The molecule has 0 rings (SSSR count). The van der Waals surface area contributed by atoms with Gasteiger partial charge in [-0.05, 0) is 0 Å². The first-order valence-electron chi connectivity index (χ1n) is 49.8. The van der Waals surface area contributed by atoms with Gasteiger partial charge in [-0.3, -0.25) is 0 Å². The third-order valence-corrected chi connectivity index (χ3v) is 36.4. The zero-order valence-corrected chi connectivity index (χ0v) is 94.4. The van der Waals surface area contributed by atoms with Gasteiger partial charge in [-0.2, -0.15) is 0 Å². The van der Waals surface area contributed by atoms with Crippen molar-refractivity contribution in [2.45, 2.75) is 545 Å². The Morgan fingerprint density at radius 1 is 0.113 bits per heavy atom. The minimum absolute atomic E-state index is 0.276. The summed E-state index contributed by atoms with van der Waals surface area (Å²) in [6, 6.07) is 0. The van der Waals surface area contributed by atoms with E-state index in [0.717, 1.165) is 385 Å². The molecule has 728 valence electrons. The number of hydrogen-bond donors (Lipinski definition) is 0. The van der Waals surface area contributed by atoms with Crippen LogP contribution in [0.15, 0.2) is 0 Å². The van der Waals surface area contributed by atoms with Gasteiger partial charge in [0.2, 0.25) is 0 Å². The first-order chi connectivity index (χ1) is 60.1. The van der Waals surface area contributed by atoms with Crippen LogP contribution in [-0.2, 0) is 91.3 Å². The van der Waals surface area contributed by atoms with Crippen molar-refractivity contribution in [1.29, 1.82) is 0 Å². The zero-order chi connectivity index (χ0) is 92.6. The quantitative estimate of drug-likeness (QED) is 0.0403. The maximum absolute atomic E-state index is 12.2. The number of hydrogen-bond acceptors (Lipinski definition) is 24. The number of carbonyl (C=O) groups excluding carboxylic acids is 12. The second kappa shape index (κ2) is 102. The van der Waals surface area contributed by atoms with Gasteiger partial charge in [-0.15, -0.1) is 0 Å². The summed E-state index contributed by atoms with van der Waals surface area (Å²) >= 11 is -15.5. The Balaban J connectivity index is -0.000000774. The summed E-state index contributed by atoms with van der Waals surface area (Å²) in [5.74, 6) is -4.99. The molecule has 0 heterocycles. The molecule has 0 aliphatic heterocycles. The molecule has 0 saturated carbocycles. The Morgan fingerprint density at radius 3 is 0.242 bits per heavy atom. The van der Waals surface area contributed by atoms with Gasteiger partial charge < -0.3 is 0 Å². The molecule has 0 bridgehead atoms. The fourth-order valence-electron chi connectivity index (χ4n) is 12.2. The summed E-state index contributed by atoms with van der Waals surface area (Å²) in [6.07, 6.45) is 64.6. The molecule has 0 fully saturated rings. The van der Waals surface area contributed by atoms with Crippen LogP contribution in [0.5, 0.6) is 0 Å². The van der Waals surface area contributed by atoms with Crippen LogP contribution in [0.4, 0.5) is 0 Å². The van der Waals surface area contributed by atoms with Crippen molar-refractivity contribution in [2.75, 3.05) is 0 Å². The molecule has 0 atom stereocenters. The Kier molecular flexibility index (Phi) is 105. The third kappa shape index (κ3) is 99.7. The standard InChI is InChI=1S/12C8H16O2.4Bi/c12*1-2-3-4-5-6-7-8(9)10;;;;/h12*2-7H2,1H3,(H,9,10);;;;/q;;;;;;;;;;;;4*+3/p-12. The second-order valence-corrected chi connectivity index (χ2v) is 47.9. The molecule has 0 aromatic rings. The average molecular weight is 2550 g/mol. The van der Waals surface area contributed by atoms with Crippen LogP contribution in [0.25, 0.3) is 0 Å². The van der Waals surface area contributed by atoms with E-state index in [2.05, 4.69) is 83.1 Å². The Hall–Kier alpha value is -2.83. The van der Waals surface area contributed by atoms with Crippen LogP contribution in [0.3, 0.4) is 0 Å². The van der Waals surface area contributed by atoms with E-state index < -0.39 is 164 Å². The molecule has 124 heavy (non-hydrogen) atoms. The molecule has 28 heteroatoms. The Morgan fingerprint density at radius 2 is 0.177 bits per heavy atom. The van der Waals surface area contributed by atoms with Crippen molar-refractivity contribution in [3.05, 3.63) is 0 Å². The number of unbranched alkanes of at least 4 members (excludes halogenated alkanes) is 48. The van der Waals surface area contributed by atoms with Gasteiger partial charge in [-0.1, -0.05) is 0 Å². The van der Waals surface area contributed by atoms with Gasteiger partial charge in [0.05, 0.1) is 0 Å². The average Bonchev–Trinajstić information content (AvgIpc) is 0.940. The molecule has 0 aliphatic rings. The van der Waals surface area contributed by atoms with Gasteiger partial charge in [0.25, 0.3) is 0 Å². The van der Waals surface area contributed by atoms with Crippen LogP contribution in [-0.4, -0.2) is 164 Å². The molecule has 0 unspecified atom stereocenters. The predicted octanol–water partition coefficient (Wildman–Crippen LogP) is 26.7. The van der Waals surface area contributed by atoms with E-state index in [-0.39, 0.29) is 77.0 Å². The first-order valence-corrected chi connectivity index (χ1v) is 66.9. The minimum atomic E-state index is -3.89. The fourth-order valence-corrected chi connectivity index (χ4v) is 26.0. The maximum atomic E-state index is 12.2. The SMILES string of the molecule is CCCCCCCC(=O)[O][Bi]([O]C(=O)CCCCCCC)[O]C(=O)CCCCCCC.CCCCCCCC(=O)[O][Bi]([O]C(=O)CCCCCCC)[O]C(=O)CCCCCCC.CCCCCCCC(=O)[O][Bi]([O]C(=O)CCCCCCC)[O]C(=O)CCCCCCC.CCCCCCCC(=O)[O][Bi]([O]C(=O)CCCCCCC)[O]C(=O)CCCCCCC. The molecule has 0 N–H and O–H groups in total. The summed E-state index contributed by atoms with van der Waals surface area (Å²) in [5, 5.41) is 0. The summed E-state index contributed by atoms with van der Waals surface area (Å²) in [7, 11) is 0. The first kappa shape index (κ1) is 127. The molecule has 0 aromatic carbocycles. The fraction of sp³-hybridized carbons (Fsp3) is 0.875. The van der Waals surface area contributed by atoms with Gasteiger partial charge in [0, 0.05) is 0 Å². The summed E-state index contributed by atoms with van der Waals surface area (Å²) in [6.45, 7) is 25.7. The van der Waals surface area contributed by atoms with E-state index >= 15 is 0 Å². The Labute approximate surface area is 793 Å². The van der Waals surface area contributed by atoms with E-state index in [0.29, 0.717) is 0 Å². The van der Waals surface area contributed by atoms with Crippen molar-refractivity contribution in [1.82, 2.24) is 0 Å². The van der Waals surface area contributed by atoms with E-state index in [1.165, 1.54) is 0 Å². The zero-order valence-electron chi connectivity index (χ0n) is 80.5. The van der Waals surface area contributed by atoms with Crippen molar-refractivity contribution < 1.29 is 91.3 Å². The number of carbonyl (C=O) groups is 12. The second-order valence-electron chi connectivity index (χ2n) is 32.4. The topological polar surface area (TPSA) is 316 Å². The molecule has 0 aliphatic carbocycles. The van der Waals surface area contributed by atoms with Gasteiger partial charge in [0.1, 0.15) is 0 Å². The van der Waals surface area contributed by atoms with Crippen LogP contribution >= 0.6 is 0 Å². The van der Waals surface area contributed by atoms with Gasteiger partial charge in [-0.25, -0.2) is 0 Å². The van der Waals surface area contributed by atoms with Crippen molar-refractivity contribution in [2.24, 2.45) is 0 Å². The van der Waals surface area contributed by atoms with Crippen LogP contribution < -0.4 is 0 Å². The molecular formula is C96H180Bi4O24. The molecule has 0 spiro atoms. The molecule has 0 amide bonds. The number of rotatable bonds is 84. The normalized spacial score (nSPS) is 10.8. The van der Waals surface area contributed by atoms with Crippen LogP contribution in [0.1, 0.15) is 545 Å². The van der Waals surface area contributed by atoms with Crippen LogP contribution in [0.2, 0.25) is 0 Å². The Bertz CT molecular complexity index is 1950. The van der Waals surface area contributed by atoms with Crippen LogP contribution in [0, 0.1) is 0 Å². The molecular weight excluding hydrogens is 2370 g/mol. The monoisotopic (exact) mass is 2550 g/mol. The third-order valence-electron chi connectivity index (χ3n) is 19.9.